The summed E-state index contributed by atoms with van der Waals surface area (Å²) in [6, 6.07) is 6.09. The Morgan fingerprint density at radius 1 is 1.13 bits per heavy atom. The summed E-state index contributed by atoms with van der Waals surface area (Å²) in [7, 11) is 0. The summed E-state index contributed by atoms with van der Waals surface area (Å²) < 4.78 is 49.1. The lowest BCUT2D eigenvalue weighted by Gasteiger charge is -2.23. The zero-order valence-corrected chi connectivity index (χ0v) is 17.2. The first-order valence-electron chi connectivity index (χ1n) is 9.69. The molecular weight excluding hydrogens is 437 g/mol. The Morgan fingerprint density at radius 2 is 1.94 bits per heavy atom. The van der Waals surface area contributed by atoms with Crippen LogP contribution in [0.2, 0.25) is 5.02 Å². The summed E-state index contributed by atoms with van der Waals surface area (Å²) in [5.41, 5.74) is -0.260. The fourth-order valence-corrected chi connectivity index (χ4v) is 3.82. The van der Waals surface area contributed by atoms with Gasteiger partial charge in [0.2, 0.25) is 12.7 Å². The van der Waals surface area contributed by atoms with Gasteiger partial charge in [0.25, 0.3) is 0 Å². The monoisotopic (exact) mass is 456 g/mol. The van der Waals surface area contributed by atoms with Crippen LogP contribution in [-0.4, -0.2) is 55.3 Å². The van der Waals surface area contributed by atoms with E-state index in [9.17, 15) is 18.0 Å². The number of aromatic nitrogens is 1. The molecule has 4 rings (SSSR count). The topological polar surface area (TPSA) is 66.9 Å². The largest absolute Gasteiger partial charge is 0.454 e. The number of fused-ring (bicyclic) bond motifs is 1. The Morgan fingerprint density at radius 3 is 2.71 bits per heavy atom. The summed E-state index contributed by atoms with van der Waals surface area (Å²) in [5, 5.41) is 2.80. The smallest absolute Gasteiger partial charge is 0.417 e. The third-order valence-electron chi connectivity index (χ3n) is 5.06. The summed E-state index contributed by atoms with van der Waals surface area (Å²) in [6.07, 6.45) is -2.98. The van der Waals surface area contributed by atoms with Gasteiger partial charge < -0.3 is 19.7 Å². The lowest BCUT2D eigenvalue weighted by atomic mass is 10.2. The van der Waals surface area contributed by atoms with Gasteiger partial charge in [0.1, 0.15) is 5.82 Å². The predicted molar refractivity (Wildman–Crippen MR) is 109 cm³/mol. The normalized spacial score (nSPS) is 16.8. The van der Waals surface area contributed by atoms with Gasteiger partial charge in [-0.3, -0.25) is 9.69 Å². The van der Waals surface area contributed by atoms with E-state index in [-0.39, 0.29) is 24.3 Å². The highest BCUT2D eigenvalue weighted by atomic mass is 35.5. The molecule has 7 nitrogen and oxygen atoms in total. The van der Waals surface area contributed by atoms with Crippen LogP contribution in [0.5, 0.6) is 11.5 Å². The molecule has 1 aromatic carbocycles. The fourth-order valence-electron chi connectivity index (χ4n) is 3.54. The van der Waals surface area contributed by atoms with Crippen LogP contribution in [0.4, 0.5) is 24.7 Å². The maximum absolute atomic E-state index is 12.8. The number of amides is 1. The molecule has 166 valence electrons. The van der Waals surface area contributed by atoms with Gasteiger partial charge in [0.05, 0.1) is 17.1 Å². The van der Waals surface area contributed by atoms with E-state index in [4.69, 9.17) is 21.1 Å². The second kappa shape index (κ2) is 8.80. The predicted octanol–water partition coefficient (Wildman–Crippen LogP) is 3.63. The number of ether oxygens (including phenoxy) is 2. The molecule has 1 saturated heterocycles. The molecule has 0 aliphatic carbocycles. The number of benzene rings is 1. The van der Waals surface area contributed by atoms with Crippen molar-refractivity contribution in [3.05, 3.63) is 41.0 Å². The summed E-state index contributed by atoms with van der Waals surface area (Å²) >= 11 is 6.07. The maximum Gasteiger partial charge on any atom is 0.417 e. The van der Waals surface area contributed by atoms with Crippen LogP contribution in [-0.2, 0) is 11.0 Å². The van der Waals surface area contributed by atoms with Crippen molar-refractivity contribution in [1.29, 1.82) is 0 Å². The lowest BCUT2D eigenvalue weighted by Crippen LogP contribution is -2.36. The van der Waals surface area contributed by atoms with Crippen LogP contribution >= 0.6 is 11.6 Å². The number of rotatable bonds is 4. The molecule has 0 unspecified atom stereocenters. The van der Waals surface area contributed by atoms with E-state index in [0.29, 0.717) is 49.2 Å². The molecule has 0 radical (unpaired) electrons. The van der Waals surface area contributed by atoms with Crippen LogP contribution < -0.4 is 19.7 Å². The minimum absolute atomic E-state index is 0.0381. The Kier molecular flexibility index (Phi) is 6.10. The average molecular weight is 457 g/mol. The van der Waals surface area contributed by atoms with E-state index < -0.39 is 11.7 Å². The number of hydrogen-bond acceptors (Lipinski definition) is 6. The van der Waals surface area contributed by atoms with Crippen molar-refractivity contribution >= 4 is 29.0 Å². The molecule has 31 heavy (non-hydrogen) atoms. The van der Waals surface area contributed by atoms with Crippen molar-refractivity contribution in [1.82, 2.24) is 9.88 Å². The maximum atomic E-state index is 12.8. The van der Waals surface area contributed by atoms with Gasteiger partial charge in [-0.25, -0.2) is 4.98 Å². The van der Waals surface area contributed by atoms with Crippen LogP contribution in [0.3, 0.4) is 0 Å². The summed E-state index contributed by atoms with van der Waals surface area (Å²) in [5.74, 6) is 1.38. The number of halogens is 4. The first kappa shape index (κ1) is 21.5. The Bertz CT molecular complexity index is 973. The molecule has 3 heterocycles. The van der Waals surface area contributed by atoms with Gasteiger partial charge in [-0.1, -0.05) is 11.6 Å². The molecule has 11 heteroatoms. The highest BCUT2D eigenvalue weighted by Gasteiger charge is 2.32. The van der Waals surface area contributed by atoms with Gasteiger partial charge in [-0.15, -0.1) is 0 Å². The molecule has 0 spiro atoms. The molecule has 1 N–H and O–H groups in total. The minimum atomic E-state index is -4.49. The standard InChI is InChI=1S/C20H20ClF3N4O3/c21-15-8-13(20(22,23)24)10-25-19(15)28-5-1-4-27(6-7-28)11-18(29)26-14-2-3-16-17(9-14)31-12-30-16/h2-3,8-10H,1,4-7,11-12H2,(H,26,29). The van der Waals surface area contributed by atoms with Crippen LogP contribution in [0.15, 0.2) is 30.5 Å². The molecule has 1 fully saturated rings. The lowest BCUT2D eigenvalue weighted by molar-refractivity contribution is -0.137. The van der Waals surface area contributed by atoms with E-state index in [1.807, 2.05) is 9.80 Å². The first-order chi connectivity index (χ1) is 14.8. The molecule has 0 saturated carbocycles. The molecule has 2 aromatic rings. The van der Waals surface area contributed by atoms with Gasteiger partial charge in [0.15, 0.2) is 11.5 Å². The molecule has 0 bridgehead atoms. The van der Waals surface area contributed by atoms with Crippen LogP contribution in [0.1, 0.15) is 12.0 Å². The van der Waals surface area contributed by atoms with Crippen LogP contribution in [0, 0.1) is 0 Å². The SMILES string of the molecule is O=C(CN1CCCN(c2ncc(C(F)(F)F)cc2Cl)CC1)Nc1ccc2c(c1)OCO2. The van der Waals surface area contributed by atoms with E-state index in [1.165, 1.54) is 0 Å². The number of nitrogens with one attached hydrogen (secondary N) is 1. The zero-order chi connectivity index (χ0) is 22.0. The van der Waals surface area contributed by atoms with Crippen molar-refractivity contribution in [3.8, 4) is 11.5 Å². The molecule has 2 aliphatic rings. The number of anilines is 2. The second-order valence-corrected chi connectivity index (χ2v) is 7.67. The molecule has 1 amide bonds. The van der Waals surface area contributed by atoms with E-state index in [1.54, 1.807) is 18.2 Å². The number of alkyl halides is 3. The van der Waals surface area contributed by atoms with Crippen LogP contribution in [0.25, 0.3) is 0 Å². The number of carbonyl (C=O) groups is 1. The number of nitrogens with zero attached hydrogens (tertiary/aromatic N) is 3. The van der Waals surface area contributed by atoms with Gasteiger partial charge in [-0.2, -0.15) is 13.2 Å². The zero-order valence-electron chi connectivity index (χ0n) is 16.4. The fraction of sp³-hybridized carbons (Fsp3) is 0.400. The van der Waals surface area contributed by atoms with Gasteiger partial charge in [0, 0.05) is 44.1 Å². The molecule has 2 aliphatic heterocycles. The van der Waals surface area contributed by atoms with Crippen molar-refractivity contribution in [2.24, 2.45) is 0 Å². The highest BCUT2D eigenvalue weighted by Crippen LogP contribution is 2.35. The number of carbonyl (C=O) groups excluding carboxylic acids is 1. The Labute approximate surface area is 181 Å². The Balaban J connectivity index is 1.33. The highest BCUT2D eigenvalue weighted by molar-refractivity contribution is 6.33. The molecule has 1 aromatic heterocycles. The summed E-state index contributed by atoms with van der Waals surface area (Å²) in [6.45, 7) is 2.65. The Hall–Kier alpha value is -2.72. The van der Waals surface area contributed by atoms with E-state index in [0.717, 1.165) is 18.7 Å². The minimum Gasteiger partial charge on any atom is -0.454 e. The van der Waals surface area contributed by atoms with Gasteiger partial charge in [-0.05, 0) is 24.6 Å². The molecular formula is C20H20ClF3N4O3. The summed E-state index contributed by atoms with van der Waals surface area (Å²) in [4.78, 5) is 20.2. The third-order valence-corrected chi connectivity index (χ3v) is 5.34. The number of hydrogen-bond donors (Lipinski definition) is 1. The van der Waals surface area contributed by atoms with Crippen molar-refractivity contribution in [2.75, 3.05) is 49.7 Å². The first-order valence-corrected chi connectivity index (χ1v) is 10.1. The number of pyridine rings is 1. The van der Waals surface area contributed by atoms with Crippen molar-refractivity contribution in [2.45, 2.75) is 12.6 Å². The second-order valence-electron chi connectivity index (χ2n) is 7.26. The molecule has 0 atom stereocenters. The van der Waals surface area contributed by atoms with Gasteiger partial charge >= 0.3 is 6.18 Å². The average Bonchev–Trinajstić information content (AvgIpc) is 3.05. The van der Waals surface area contributed by atoms with Crippen molar-refractivity contribution < 1.29 is 27.4 Å². The third kappa shape index (κ3) is 5.13. The van der Waals surface area contributed by atoms with E-state index >= 15 is 0 Å². The van der Waals surface area contributed by atoms with E-state index in [2.05, 4.69) is 10.3 Å². The van der Waals surface area contributed by atoms with Crippen molar-refractivity contribution in [3.63, 3.8) is 0 Å². The quantitative estimate of drug-likeness (QED) is 0.758.